The zero-order valence-electron chi connectivity index (χ0n) is 7.33. The van der Waals surface area contributed by atoms with E-state index in [-0.39, 0.29) is 6.03 Å². The minimum Gasteiger partial charge on any atom is -0.327 e. The highest BCUT2D eigenvalue weighted by Crippen LogP contribution is 1.95. The Morgan fingerprint density at radius 3 is 2.27 bits per heavy atom. The lowest BCUT2D eigenvalue weighted by Crippen LogP contribution is -2.38. The van der Waals surface area contributed by atoms with Gasteiger partial charge in [-0.1, -0.05) is 5.23 Å². The van der Waals surface area contributed by atoms with Crippen molar-refractivity contribution in [1.29, 1.82) is 0 Å². The van der Waals surface area contributed by atoms with Gasteiger partial charge in [-0.05, 0) is 6.92 Å². The fourth-order valence-corrected chi connectivity index (χ4v) is 0.467. The van der Waals surface area contributed by atoms with Crippen molar-refractivity contribution >= 4 is 6.03 Å². The molecule has 0 N–H and O–H groups in total. The molecule has 5 heteroatoms. The van der Waals surface area contributed by atoms with E-state index in [2.05, 4.69) is 4.84 Å². The lowest BCUT2D eigenvalue weighted by molar-refractivity contribution is -0.314. The molecule has 0 aromatic carbocycles. The molecule has 0 atom stereocenters. The molecule has 0 rings (SSSR count). The summed E-state index contributed by atoms with van der Waals surface area (Å²) in [5, 5.41) is 0.833. The van der Waals surface area contributed by atoms with Crippen molar-refractivity contribution < 1.29 is 14.5 Å². The highest BCUT2D eigenvalue weighted by molar-refractivity contribution is 5.71. The van der Waals surface area contributed by atoms with Crippen LogP contribution in [0.1, 0.15) is 6.92 Å². The van der Waals surface area contributed by atoms with E-state index in [1.807, 2.05) is 0 Å². The lowest BCUT2D eigenvalue weighted by atomic mass is 10.8. The summed E-state index contributed by atoms with van der Waals surface area (Å²) in [6, 6.07) is -0.339. The molecule has 0 unspecified atom stereocenters. The van der Waals surface area contributed by atoms with Crippen molar-refractivity contribution in [2.24, 2.45) is 0 Å². The normalized spacial score (nSPS) is 9.45. The van der Waals surface area contributed by atoms with Crippen LogP contribution in [0.2, 0.25) is 0 Å². The second-order valence-electron chi connectivity index (χ2n) is 2.03. The summed E-state index contributed by atoms with van der Waals surface area (Å²) in [6.45, 7) is 2.17. The summed E-state index contributed by atoms with van der Waals surface area (Å²) in [5.41, 5.74) is 0. The van der Waals surface area contributed by atoms with Gasteiger partial charge < -0.3 is 4.90 Å². The minimum atomic E-state index is -0.339. The van der Waals surface area contributed by atoms with Crippen molar-refractivity contribution in [3.63, 3.8) is 0 Å². The van der Waals surface area contributed by atoms with Crippen LogP contribution in [-0.2, 0) is 9.68 Å². The highest BCUT2D eigenvalue weighted by Gasteiger charge is 2.14. The molecular weight excluding hydrogens is 148 g/mol. The van der Waals surface area contributed by atoms with E-state index in [1.165, 1.54) is 12.0 Å². The molecule has 0 saturated heterocycles. The van der Waals surface area contributed by atoms with Gasteiger partial charge >= 0.3 is 6.03 Å². The first-order valence-corrected chi connectivity index (χ1v) is 3.31. The van der Waals surface area contributed by atoms with Crippen molar-refractivity contribution in [2.45, 2.75) is 6.92 Å². The van der Waals surface area contributed by atoms with Crippen LogP contribution in [0.25, 0.3) is 0 Å². The van der Waals surface area contributed by atoms with Crippen LogP contribution in [0.5, 0.6) is 0 Å². The minimum absolute atomic E-state index is 0.339. The number of hydrogen-bond acceptors (Lipinski definition) is 3. The van der Waals surface area contributed by atoms with Crippen molar-refractivity contribution in [1.82, 2.24) is 10.1 Å². The van der Waals surface area contributed by atoms with Crippen LogP contribution < -0.4 is 0 Å². The van der Waals surface area contributed by atoms with E-state index in [0.717, 1.165) is 5.23 Å². The van der Waals surface area contributed by atoms with Crippen molar-refractivity contribution in [2.75, 3.05) is 27.8 Å². The van der Waals surface area contributed by atoms with Crippen molar-refractivity contribution in [3.05, 3.63) is 0 Å². The maximum atomic E-state index is 11.1. The maximum absolute atomic E-state index is 11.1. The van der Waals surface area contributed by atoms with Gasteiger partial charge in [0.1, 0.15) is 0 Å². The molecule has 0 aromatic heterocycles. The Morgan fingerprint density at radius 2 is 2.00 bits per heavy atom. The molecular formula is C6H14N2O3. The molecule has 0 aliphatic carbocycles. The van der Waals surface area contributed by atoms with E-state index in [9.17, 15) is 4.79 Å². The standard InChI is InChI=1S/C6H14N2O3/c1-5-11-8(10-4)6(9)7(2)3/h5H2,1-4H3. The zero-order chi connectivity index (χ0) is 8.85. The van der Waals surface area contributed by atoms with E-state index < -0.39 is 0 Å². The Hall–Kier alpha value is -0.810. The Bertz CT molecular complexity index is 127. The number of carbonyl (C=O) groups excluding carboxylic acids is 1. The molecule has 0 bridgehead atoms. The monoisotopic (exact) mass is 162 g/mol. The van der Waals surface area contributed by atoms with Crippen LogP contribution in [0.3, 0.4) is 0 Å². The average molecular weight is 162 g/mol. The Labute approximate surface area is 66.4 Å². The number of urea groups is 1. The third-order valence-electron chi connectivity index (χ3n) is 0.951. The van der Waals surface area contributed by atoms with E-state index in [4.69, 9.17) is 4.84 Å². The van der Waals surface area contributed by atoms with E-state index in [0.29, 0.717) is 6.61 Å². The maximum Gasteiger partial charge on any atom is 0.369 e. The first-order chi connectivity index (χ1) is 5.13. The van der Waals surface area contributed by atoms with Gasteiger partial charge in [-0.3, -0.25) is 0 Å². The highest BCUT2D eigenvalue weighted by atomic mass is 17.0. The van der Waals surface area contributed by atoms with Crippen molar-refractivity contribution in [3.8, 4) is 0 Å². The number of carbonyl (C=O) groups is 1. The SMILES string of the molecule is CCON(OC)C(=O)N(C)C. The fourth-order valence-electron chi connectivity index (χ4n) is 0.467. The van der Waals surface area contributed by atoms with Crippen LogP contribution >= 0.6 is 0 Å². The largest absolute Gasteiger partial charge is 0.369 e. The zero-order valence-corrected chi connectivity index (χ0v) is 7.33. The number of amides is 2. The lowest BCUT2D eigenvalue weighted by Gasteiger charge is -2.20. The van der Waals surface area contributed by atoms with E-state index in [1.54, 1.807) is 21.0 Å². The van der Waals surface area contributed by atoms with Gasteiger partial charge in [0.2, 0.25) is 0 Å². The topological polar surface area (TPSA) is 42.0 Å². The molecule has 0 saturated carbocycles. The Morgan fingerprint density at radius 1 is 1.45 bits per heavy atom. The number of nitrogens with zero attached hydrogens (tertiary/aromatic N) is 2. The number of hydrogen-bond donors (Lipinski definition) is 0. The quantitative estimate of drug-likeness (QED) is 0.567. The van der Waals surface area contributed by atoms with Gasteiger partial charge in [-0.15, -0.1) is 0 Å². The van der Waals surface area contributed by atoms with Crippen LogP contribution in [0.15, 0.2) is 0 Å². The van der Waals surface area contributed by atoms with Crippen LogP contribution in [-0.4, -0.2) is 44.0 Å². The molecule has 66 valence electrons. The summed E-state index contributed by atoms with van der Waals surface area (Å²) >= 11 is 0. The van der Waals surface area contributed by atoms with Crippen LogP contribution in [0.4, 0.5) is 4.79 Å². The first-order valence-electron chi connectivity index (χ1n) is 3.31. The molecule has 0 aliphatic heterocycles. The van der Waals surface area contributed by atoms with Gasteiger partial charge in [-0.2, -0.15) is 0 Å². The summed E-state index contributed by atoms with van der Waals surface area (Å²) < 4.78 is 0. The predicted molar refractivity (Wildman–Crippen MR) is 39.6 cm³/mol. The summed E-state index contributed by atoms with van der Waals surface area (Å²) in [6.07, 6.45) is 0. The molecule has 0 radical (unpaired) electrons. The molecule has 0 aliphatic rings. The summed E-state index contributed by atoms with van der Waals surface area (Å²) in [7, 11) is 4.61. The van der Waals surface area contributed by atoms with Gasteiger partial charge in [0, 0.05) is 14.1 Å². The Balaban J connectivity index is 3.92. The fraction of sp³-hybridized carbons (Fsp3) is 0.833. The summed E-state index contributed by atoms with van der Waals surface area (Å²) in [5.74, 6) is 0. The van der Waals surface area contributed by atoms with Gasteiger partial charge in [0.15, 0.2) is 0 Å². The average Bonchev–Trinajstić information content (AvgIpc) is 1.98. The molecule has 0 spiro atoms. The number of hydroxylamine groups is 2. The molecule has 5 nitrogen and oxygen atoms in total. The van der Waals surface area contributed by atoms with Gasteiger partial charge in [-0.25, -0.2) is 14.5 Å². The Kier molecular flexibility index (Phi) is 4.56. The third kappa shape index (κ3) is 3.20. The smallest absolute Gasteiger partial charge is 0.327 e. The molecule has 0 aromatic rings. The second kappa shape index (κ2) is 4.92. The van der Waals surface area contributed by atoms with Gasteiger partial charge in [0.25, 0.3) is 0 Å². The third-order valence-corrected chi connectivity index (χ3v) is 0.951. The molecule has 2 amide bonds. The molecule has 0 heterocycles. The molecule has 11 heavy (non-hydrogen) atoms. The van der Waals surface area contributed by atoms with E-state index >= 15 is 0 Å². The molecule has 0 fully saturated rings. The van der Waals surface area contributed by atoms with Gasteiger partial charge in [0.05, 0.1) is 13.7 Å². The second-order valence-corrected chi connectivity index (χ2v) is 2.03. The first kappa shape index (κ1) is 10.2. The predicted octanol–water partition coefficient (Wildman–Crippen LogP) is 0.483. The number of rotatable bonds is 3. The van der Waals surface area contributed by atoms with Crippen LogP contribution in [0, 0.1) is 0 Å². The summed E-state index contributed by atoms with van der Waals surface area (Å²) in [4.78, 5) is 21.9.